The molecule has 0 aliphatic rings. The number of nitrogens with zero attached hydrogens (tertiary/aromatic N) is 2. The molecule has 0 bridgehead atoms. The average Bonchev–Trinajstić information content (AvgIpc) is 2.73. The molecule has 1 aromatic carbocycles. The molecule has 0 fully saturated rings. The maximum absolute atomic E-state index is 11.0. The molecule has 1 amide bonds. The van der Waals surface area contributed by atoms with Gasteiger partial charge in [0.05, 0.1) is 0 Å². The number of nitrogens with two attached hydrogens (primary N) is 1. The van der Waals surface area contributed by atoms with E-state index in [0.717, 1.165) is 16.9 Å². The Kier molecular flexibility index (Phi) is 3.76. The van der Waals surface area contributed by atoms with Crippen LogP contribution in [0.4, 0.5) is 5.69 Å². The first-order valence-corrected chi connectivity index (χ1v) is 6.22. The van der Waals surface area contributed by atoms with Crippen molar-refractivity contribution < 1.29 is 4.79 Å². The number of aromatic nitrogens is 1. The SMILES string of the molecule is Cc1c(CNc2ccc(C(N)=O)cc2)cc(C#N)n1C. The molecule has 20 heavy (non-hydrogen) atoms. The van der Waals surface area contributed by atoms with Crippen molar-refractivity contribution in [3.8, 4) is 6.07 Å². The monoisotopic (exact) mass is 268 g/mol. The smallest absolute Gasteiger partial charge is 0.248 e. The van der Waals surface area contributed by atoms with Crippen molar-refractivity contribution in [3.63, 3.8) is 0 Å². The van der Waals surface area contributed by atoms with Crippen molar-refractivity contribution in [2.45, 2.75) is 13.5 Å². The summed E-state index contributed by atoms with van der Waals surface area (Å²) in [6.45, 7) is 2.60. The van der Waals surface area contributed by atoms with E-state index >= 15 is 0 Å². The van der Waals surface area contributed by atoms with Crippen LogP contribution in [0.2, 0.25) is 0 Å². The molecule has 5 heteroatoms. The standard InChI is InChI=1S/C15H16N4O/c1-10-12(7-14(8-16)19(10)2)9-18-13-5-3-11(4-6-13)15(17)20/h3-7,18H,9H2,1-2H3,(H2,17,20). The third-order valence-corrected chi connectivity index (χ3v) is 3.41. The fraction of sp³-hybridized carbons (Fsp3) is 0.200. The largest absolute Gasteiger partial charge is 0.381 e. The van der Waals surface area contributed by atoms with Gasteiger partial charge in [0.15, 0.2) is 0 Å². The van der Waals surface area contributed by atoms with Crippen LogP contribution in [0.3, 0.4) is 0 Å². The van der Waals surface area contributed by atoms with Crippen molar-refractivity contribution in [2.24, 2.45) is 12.8 Å². The number of nitrogens with one attached hydrogen (secondary N) is 1. The third-order valence-electron chi connectivity index (χ3n) is 3.41. The normalized spacial score (nSPS) is 10.1. The Hall–Kier alpha value is -2.74. The Morgan fingerprint density at radius 1 is 1.40 bits per heavy atom. The number of primary amides is 1. The number of hydrogen-bond donors (Lipinski definition) is 2. The van der Waals surface area contributed by atoms with Gasteiger partial charge in [0.25, 0.3) is 0 Å². The molecular weight excluding hydrogens is 252 g/mol. The second-order valence-electron chi connectivity index (χ2n) is 4.61. The molecule has 0 aliphatic carbocycles. The van der Waals surface area contributed by atoms with Crippen molar-refractivity contribution >= 4 is 11.6 Å². The molecular formula is C15H16N4O. The molecule has 0 aliphatic heterocycles. The van der Waals surface area contributed by atoms with Crippen LogP contribution in [0.1, 0.15) is 27.3 Å². The summed E-state index contributed by atoms with van der Waals surface area (Å²) in [6, 6.07) is 11.0. The Labute approximate surface area is 117 Å². The number of anilines is 1. The van der Waals surface area contributed by atoms with Gasteiger partial charge in [0.2, 0.25) is 5.91 Å². The highest BCUT2D eigenvalue weighted by Crippen LogP contribution is 2.16. The van der Waals surface area contributed by atoms with Gasteiger partial charge >= 0.3 is 0 Å². The minimum absolute atomic E-state index is 0.436. The second kappa shape index (κ2) is 5.49. The van der Waals surface area contributed by atoms with Crippen molar-refractivity contribution in [1.29, 1.82) is 5.26 Å². The van der Waals surface area contributed by atoms with Crippen LogP contribution in [-0.4, -0.2) is 10.5 Å². The average molecular weight is 268 g/mol. The predicted molar refractivity (Wildman–Crippen MR) is 77.2 cm³/mol. The van der Waals surface area contributed by atoms with Crippen LogP contribution in [0.5, 0.6) is 0 Å². The first-order chi connectivity index (χ1) is 9.52. The van der Waals surface area contributed by atoms with Gasteiger partial charge in [-0.1, -0.05) is 0 Å². The van der Waals surface area contributed by atoms with Crippen LogP contribution in [-0.2, 0) is 13.6 Å². The fourth-order valence-electron chi connectivity index (χ4n) is 2.00. The Bertz CT molecular complexity index is 677. The van der Waals surface area contributed by atoms with Gasteiger partial charge in [-0.25, -0.2) is 0 Å². The molecule has 0 saturated heterocycles. The van der Waals surface area contributed by atoms with Crippen LogP contribution < -0.4 is 11.1 Å². The summed E-state index contributed by atoms with van der Waals surface area (Å²) in [5.74, 6) is -0.436. The summed E-state index contributed by atoms with van der Waals surface area (Å²) in [7, 11) is 1.87. The highest BCUT2D eigenvalue weighted by Gasteiger charge is 2.08. The quantitative estimate of drug-likeness (QED) is 0.888. The summed E-state index contributed by atoms with van der Waals surface area (Å²) in [5.41, 5.74) is 9.35. The van der Waals surface area contributed by atoms with E-state index in [4.69, 9.17) is 11.0 Å². The summed E-state index contributed by atoms with van der Waals surface area (Å²) in [4.78, 5) is 11.0. The van der Waals surface area contributed by atoms with Gasteiger partial charge in [-0.15, -0.1) is 0 Å². The molecule has 0 spiro atoms. The third kappa shape index (κ3) is 2.64. The van der Waals surface area contributed by atoms with E-state index in [9.17, 15) is 4.79 Å². The Balaban J connectivity index is 2.09. The topological polar surface area (TPSA) is 83.8 Å². The number of carbonyl (C=O) groups excluding carboxylic acids is 1. The minimum atomic E-state index is -0.436. The molecule has 2 aromatic rings. The molecule has 0 unspecified atom stereocenters. The summed E-state index contributed by atoms with van der Waals surface area (Å²) in [6.07, 6.45) is 0. The zero-order valence-corrected chi connectivity index (χ0v) is 11.5. The van der Waals surface area contributed by atoms with Crippen molar-refractivity contribution in [3.05, 3.63) is 52.8 Å². The predicted octanol–water partition coefficient (Wildman–Crippen LogP) is 1.92. The van der Waals surface area contributed by atoms with Crippen molar-refractivity contribution in [1.82, 2.24) is 4.57 Å². The second-order valence-corrected chi connectivity index (χ2v) is 4.61. The lowest BCUT2D eigenvalue weighted by Gasteiger charge is -2.07. The Morgan fingerprint density at radius 3 is 2.55 bits per heavy atom. The molecule has 3 N–H and O–H groups in total. The summed E-state index contributed by atoms with van der Waals surface area (Å²) < 4.78 is 1.87. The number of rotatable bonds is 4. The van der Waals surface area contributed by atoms with Crippen LogP contribution in [0.15, 0.2) is 30.3 Å². The zero-order chi connectivity index (χ0) is 14.7. The van der Waals surface area contributed by atoms with Gasteiger partial charge in [-0.3, -0.25) is 4.79 Å². The molecule has 0 radical (unpaired) electrons. The van der Waals surface area contributed by atoms with Gasteiger partial charge in [-0.05, 0) is 42.8 Å². The van der Waals surface area contributed by atoms with Gasteiger partial charge in [0, 0.05) is 30.5 Å². The minimum Gasteiger partial charge on any atom is -0.381 e. The van der Waals surface area contributed by atoms with E-state index in [2.05, 4.69) is 11.4 Å². The maximum Gasteiger partial charge on any atom is 0.248 e. The van der Waals surface area contributed by atoms with Gasteiger partial charge < -0.3 is 15.6 Å². The maximum atomic E-state index is 11.0. The molecule has 1 heterocycles. The van der Waals surface area contributed by atoms with E-state index in [0.29, 0.717) is 17.8 Å². The van der Waals surface area contributed by atoms with E-state index in [-0.39, 0.29) is 0 Å². The highest BCUT2D eigenvalue weighted by atomic mass is 16.1. The first-order valence-electron chi connectivity index (χ1n) is 6.22. The molecule has 0 atom stereocenters. The molecule has 5 nitrogen and oxygen atoms in total. The van der Waals surface area contributed by atoms with E-state index < -0.39 is 5.91 Å². The number of hydrogen-bond acceptors (Lipinski definition) is 3. The van der Waals surface area contributed by atoms with Gasteiger partial charge in [-0.2, -0.15) is 5.26 Å². The van der Waals surface area contributed by atoms with E-state index in [1.54, 1.807) is 12.1 Å². The fourth-order valence-corrected chi connectivity index (χ4v) is 2.00. The highest BCUT2D eigenvalue weighted by molar-refractivity contribution is 5.93. The number of nitriles is 1. The first kappa shape index (κ1) is 13.7. The molecule has 0 saturated carbocycles. The van der Waals surface area contributed by atoms with Gasteiger partial charge in [0.1, 0.15) is 11.8 Å². The number of benzene rings is 1. The van der Waals surface area contributed by atoms with E-state index in [1.165, 1.54) is 0 Å². The van der Waals surface area contributed by atoms with E-state index in [1.807, 2.05) is 36.7 Å². The lowest BCUT2D eigenvalue weighted by atomic mass is 10.2. The molecule has 2 rings (SSSR count). The molecule has 102 valence electrons. The number of carbonyl (C=O) groups is 1. The number of amides is 1. The lowest BCUT2D eigenvalue weighted by molar-refractivity contribution is 0.100. The van der Waals surface area contributed by atoms with Crippen LogP contribution in [0, 0.1) is 18.3 Å². The van der Waals surface area contributed by atoms with Crippen LogP contribution in [0.25, 0.3) is 0 Å². The lowest BCUT2D eigenvalue weighted by Crippen LogP contribution is -2.10. The Morgan fingerprint density at radius 2 is 2.05 bits per heavy atom. The summed E-state index contributed by atoms with van der Waals surface area (Å²) >= 11 is 0. The summed E-state index contributed by atoms with van der Waals surface area (Å²) in [5, 5.41) is 12.2. The zero-order valence-electron chi connectivity index (χ0n) is 11.5. The molecule has 1 aromatic heterocycles. The van der Waals surface area contributed by atoms with Crippen LogP contribution >= 0.6 is 0 Å². The van der Waals surface area contributed by atoms with Crippen molar-refractivity contribution in [2.75, 3.05) is 5.32 Å².